The van der Waals surface area contributed by atoms with E-state index in [1.807, 2.05) is 24.3 Å². The summed E-state index contributed by atoms with van der Waals surface area (Å²) in [7, 11) is 0. The van der Waals surface area contributed by atoms with E-state index >= 15 is 0 Å². The Bertz CT molecular complexity index is 5350. The third-order valence-corrected chi connectivity index (χ3v) is 19.1. The Morgan fingerprint density at radius 3 is 0.667 bits per heavy atom. The van der Waals surface area contributed by atoms with Gasteiger partial charge in [-0.15, -0.1) is 0 Å². The van der Waals surface area contributed by atoms with E-state index in [0.29, 0.717) is 135 Å². The van der Waals surface area contributed by atoms with Gasteiger partial charge in [-0.2, -0.15) is 126 Å². The first kappa shape index (κ1) is 92.3. The van der Waals surface area contributed by atoms with Crippen LogP contribution in [0.5, 0.6) is 0 Å². The molecule has 624 valence electrons. The summed E-state index contributed by atoms with van der Waals surface area (Å²) in [6.07, 6.45) is -21.6. The Morgan fingerprint density at radius 1 is 0.308 bits per heavy atom. The number of allylic oxidation sites excluding steroid dienone is 4. The number of alkyl halides is 24. The number of hydrogen-bond acceptors (Lipinski definition) is 8. The number of nitrogens with zero attached hydrogens (tertiary/aromatic N) is 12. The van der Waals surface area contributed by atoms with Crippen LogP contribution in [-0.2, 0) is 75.6 Å². The van der Waals surface area contributed by atoms with Crippen LogP contribution in [0, 0.1) is 45.3 Å². The molecule has 0 fully saturated rings. The fraction of sp³-hybridized carbons (Fsp3) is 0.200. The molecule has 0 aliphatic heterocycles. The predicted molar refractivity (Wildman–Crippen MR) is 404 cm³/mol. The number of pyridine rings is 4. The third-order valence-electron chi connectivity index (χ3n) is 17.1. The Morgan fingerprint density at radius 2 is 0.483 bits per heavy atom. The lowest BCUT2D eigenvalue weighted by Gasteiger charge is -2.15. The lowest BCUT2D eigenvalue weighted by molar-refractivity contribution is -0.144. The van der Waals surface area contributed by atoms with Gasteiger partial charge in [0.25, 0.3) is 0 Å². The molecule has 0 saturated heterocycles. The first-order chi connectivity index (χ1) is 55.6. The second-order valence-electron chi connectivity index (χ2n) is 26.2. The molecule has 120 heavy (non-hydrogen) atoms. The maximum Gasteiger partial charge on any atom is 0.416 e. The molecule has 0 saturated carbocycles. The summed E-state index contributed by atoms with van der Waals surface area (Å²) in [6, 6.07) is 19.9. The topological polar surface area (TPSA) is 166 Å². The van der Waals surface area contributed by atoms with Crippen LogP contribution in [-0.4, -0.2) is 38.2 Å². The van der Waals surface area contributed by atoms with Crippen LogP contribution < -0.4 is 0 Å². The molecule has 0 aliphatic carbocycles. The molecule has 0 N–H and O–H groups in total. The summed E-state index contributed by atoms with van der Waals surface area (Å²) >= 11 is 19.2. The largest absolute Gasteiger partial charge is 0.416 e. The number of rotatable bonds is 12. The number of fused-ring (bicyclic) bond motifs is 4. The highest BCUT2D eigenvalue weighted by atomic mass is 79.9. The van der Waals surface area contributed by atoms with E-state index in [9.17, 15) is 105 Å². The number of halogens is 28. The number of nitriles is 4. The highest BCUT2D eigenvalue weighted by Gasteiger charge is 2.42. The molecule has 8 aromatic heterocycles. The Balaban J connectivity index is 0.000000182. The summed E-state index contributed by atoms with van der Waals surface area (Å²) in [5.41, 5.74) is -7.08. The van der Waals surface area contributed by atoms with Gasteiger partial charge in [0.1, 0.15) is 22.6 Å². The predicted octanol–water partition coefficient (Wildman–Crippen LogP) is 27.0. The van der Waals surface area contributed by atoms with Gasteiger partial charge in [-0.05, 0) is 203 Å². The van der Waals surface area contributed by atoms with E-state index in [1.165, 1.54) is 92.1 Å². The second-order valence-corrected chi connectivity index (χ2v) is 28.8. The zero-order chi connectivity index (χ0) is 89.1. The van der Waals surface area contributed by atoms with Gasteiger partial charge in [0, 0.05) is 151 Å². The maximum absolute atomic E-state index is 13.1. The van der Waals surface area contributed by atoms with Gasteiger partial charge < -0.3 is 18.3 Å². The molecule has 0 radical (unpaired) electrons. The quantitative estimate of drug-likeness (QED) is 0.0861. The molecule has 0 aliphatic rings. The van der Waals surface area contributed by atoms with E-state index < -0.39 is 93.9 Å². The number of benzene rings is 4. The summed E-state index contributed by atoms with van der Waals surface area (Å²) in [6.45, 7) is 5.10. The van der Waals surface area contributed by atoms with E-state index in [0.717, 1.165) is 0 Å². The molecule has 0 unspecified atom stereocenters. The van der Waals surface area contributed by atoms with Crippen molar-refractivity contribution < 1.29 is 105 Å². The maximum atomic E-state index is 13.1. The number of hydrogen-bond donors (Lipinski definition) is 0. The van der Waals surface area contributed by atoms with Gasteiger partial charge in [0.15, 0.2) is 0 Å². The highest BCUT2D eigenvalue weighted by molar-refractivity contribution is 9.11. The second kappa shape index (κ2) is 35.8. The van der Waals surface area contributed by atoms with Crippen LogP contribution in [0.15, 0.2) is 178 Å². The lowest BCUT2D eigenvalue weighted by Crippen LogP contribution is -2.12. The summed E-state index contributed by atoms with van der Waals surface area (Å²) in [4.78, 5) is 16.7. The van der Waals surface area contributed by atoms with E-state index in [4.69, 9.17) is 44.2 Å². The first-order valence-corrected chi connectivity index (χ1v) is 35.9. The minimum atomic E-state index is -4.94. The SMILES string of the molecule is C/C(C#N)=C/c1cn(Cc2cc(C(F)(F)F)cc(C(F)(F)F)c2)c2nccc(Br)c12.C/C(C#N)=C/c1cn(Cc2cc(C(F)(F)F)cc(C(F)(F)F)c2)c2nccc(Br)c12.C/C(C#N)=C/c1cn(Cc2cc(C(F)(F)F)cc(C(F)(F)F)c2)c2nccc(Cl)c12.C/C(C#N)=C/c1cn(Cc2cc(C(F)(F)F)cc(C(F)(F)F)c2)c2nccc(Cl)c12. The van der Waals surface area contributed by atoms with Crippen molar-refractivity contribution in [3.8, 4) is 24.3 Å². The van der Waals surface area contributed by atoms with Crippen molar-refractivity contribution in [2.24, 2.45) is 0 Å². The Labute approximate surface area is 688 Å². The van der Waals surface area contributed by atoms with Crippen molar-refractivity contribution in [2.45, 2.75) is 103 Å². The molecule has 12 nitrogen and oxygen atoms in total. The molecule has 0 atom stereocenters. The van der Waals surface area contributed by atoms with Crippen molar-refractivity contribution in [1.82, 2.24) is 38.2 Å². The molecular formula is C80H48Br2Cl2F24N12. The molecule has 12 rings (SSSR count). The first-order valence-electron chi connectivity index (χ1n) is 33.6. The van der Waals surface area contributed by atoms with Crippen molar-refractivity contribution >= 4 is 123 Å². The van der Waals surface area contributed by atoms with Crippen molar-refractivity contribution in [2.75, 3.05) is 0 Å². The zero-order valence-corrected chi connectivity index (χ0v) is 65.6. The van der Waals surface area contributed by atoms with Crippen LogP contribution in [0.3, 0.4) is 0 Å². The van der Waals surface area contributed by atoms with Crippen LogP contribution in [0.1, 0.15) is 117 Å². The Hall–Kier alpha value is -11.6. The smallest absolute Gasteiger partial charge is 0.327 e. The molecule has 0 spiro atoms. The van der Waals surface area contributed by atoms with E-state index in [-0.39, 0.29) is 94.0 Å². The minimum absolute atomic E-state index is 0.0802. The van der Waals surface area contributed by atoms with Crippen LogP contribution >= 0.6 is 55.1 Å². The molecular weight excluding hydrogens is 1820 g/mol. The average Bonchev–Trinajstić information content (AvgIpc) is 1.61. The van der Waals surface area contributed by atoms with Crippen LogP contribution in [0.2, 0.25) is 10.0 Å². The van der Waals surface area contributed by atoms with Gasteiger partial charge in [-0.25, -0.2) is 19.9 Å². The van der Waals surface area contributed by atoms with Crippen molar-refractivity contribution in [3.05, 3.63) is 277 Å². The zero-order valence-electron chi connectivity index (χ0n) is 60.9. The molecule has 12 aromatic rings. The van der Waals surface area contributed by atoms with Crippen LogP contribution in [0.25, 0.3) is 68.4 Å². The van der Waals surface area contributed by atoms with Crippen LogP contribution in [0.4, 0.5) is 105 Å². The Kier molecular flexibility index (Phi) is 27.5. The molecule has 0 amide bonds. The average molecular weight is 1860 g/mol. The van der Waals surface area contributed by atoms with Gasteiger partial charge >= 0.3 is 49.4 Å². The van der Waals surface area contributed by atoms with Crippen molar-refractivity contribution in [3.63, 3.8) is 0 Å². The highest BCUT2D eigenvalue weighted by Crippen LogP contribution is 2.44. The van der Waals surface area contributed by atoms with Crippen molar-refractivity contribution in [1.29, 1.82) is 21.0 Å². The third kappa shape index (κ3) is 22.7. The normalized spacial score (nSPS) is 13.0. The van der Waals surface area contributed by atoms with Gasteiger partial charge in [0.2, 0.25) is 0 Å². The summed E-state index contributed by atoms with van der Waals surface area (Å²) in [5.74, 6) is 0. The fourth-order valence-electron chi connectivity index (χ4n) is 12.0. The van der Waals surface area contributed by atoms with E-state index in [1.54, 1.807) is 52.0 Å². The van der Waals surface area contributed by atoms with Gasteiger partial charge in [0.05, 0.1) is 78.8 Å². The fourth-order valence-corrected chi connectivity index (χ4v) is 13.6. The van der Waals surface area contributed by atoms with Gasteiger partial charge in [-0.3, -0.25) is 0 Å². The number of aromatic nitrogens is 8. The van der Waals surface area contributed by atoms with Gasteiger partial charge in [-0.1, -0.05) is 23.2 Å². The standard InChI is InChI=1S/2C20H12BrF6N3.2C20H12ClF6N3/c4*1-11(8-28)4-13-10-30(18-17(13)16(21)2-3-29-18)9-12-5-14(19(22,23)24)7-15(6-12)20(25,26)27/h4*2-7,10H,9H2,1H3/b4*11-4-. The molecule has 40 heteroatoms. The lowest BCUT2D eigenvalue weighted by atomic mass is 10.0. The molecule has 4 aromatic carbocycles. The molecule has 0 bridgehead atoms. The summed E-state index contributed by atoms with van der Waals surface area (Å²) < 4.78 is 322. The minimum Gasteiger partial charge on any atom is -0.327 e. The summed E-state index contributed by atoms with van der Waals surface area (Å²) in [5, 5.41) is 38.7. The molecule has 8 heterocycles. The monoisotopic (exact) mass is 1860 g/mol. The van der Waals surface area contributed by atoms with E-state index in [2.05, 4.69) is 51.8 Å².